The molecule has 1 unspecified atom stereocenters. The summed E-state index contributed by atoms with van der Waals surface area (Å²) in [6.07, 6.45) is -5.45. The summed E-state index contributed by atoms with van der Waals surface area (Å²) in [5, 5.41) is 39.7. The molecule has 0 bridgehead atoms. The number of aliphatic hydroxyl groups is 4. The second-order valence-corrected chi connectivity index (χ2v) is 2.92. The predicted octanol–water partition coefficient (Wildman–Crippen LogP) is -1.90. The fourth-order valence-electron chi connectivity index (χ4n) is 1.27. The number of nitrogens with zero attached hydrogens (tertiary/aromatic N) is 3. The predicted molar refractivity (Wildman–Crippen MR) is 42.9 cm³/mol. The van der Waals surface area contributed by atoms with Gasteiger partial charge in [-0.2, -0.15) is 0 Å². The first-order valence-electron chi connectivity index (χ1n) is 3.96. The molecule has 1 aliphatic rings. The van der Waals surface area contributed by atoms with Gasteiger partial charge in [0.25, 0.3) is 0 Å². The van der Waals surface area contributed by atoms with Gasteiger partial charge in [-0.3, -0.25) is 0 Å². The first kappa shape index (κ1) is 11.2. The molecule has 14 heavy (non-hydrogen) atoms. The lowest BCUT2D eigenvalue weighted by Gasteiger charge is -2.37. The lowest BCUT2D eigenvalue weighted by molar-refractivity contribution is -0.248. The van der Waals surface area contributed by atoms with Crippen molar-refractivity contribution in [2.75, 3.05) is 6.61 Å². The normalized spacial score (nSPS) is 43.0. The Hall–Kier alpha value is -0.890. The maximum atomic E-state index is 9.37. The van der Waals surface area contributed by atoms with Gasteiger partial charge in [0, 0.05) is 4.91 Å². The largest absolute Gasteiger partial charge is 0.394 e. The Morgan fingerprint density at radius 1 is 1.29 bits per heavy atom. The van der Waals surface area contributed by atoms with Crippen LogP contribution in [0.2, 0.25) is 0 Å². The molecule has 0 radical (unpaired) electrons. The van der Waals surface area contributed by atoms with Crippen molar-refractivity contribution in [2.45, 2.75) is 30.6 Å². The standard InChI is InChI=1S/C6H11N3O5/c7-9-8-3-5(12)4(11)2(1-10)14-6(3)13/h2-6,10-13H,1H2/t2-,3+,4-,5-,6?/m1/s1. The zero-order chi connectivity index (χ0) is 10.7. The minimum atomic E-state index is -1.53. The molecule has 0 spiro atoms. The molecule has 1 aliphatic heterocycles. The third kappa shape index (κ3) is 1.95. The van der Waals surface area contributed by atoms with E-state index in [0.29, 0.717) is 0 Å². The Balaban J connectivity index is 2.78. The molecule has 80 valence electrons. The van der Waals surface area contributed by atoms with Crippen LogP contribution in [0, 0.1) is 0 Å². The molecule has 8 heteroatoms. The first-order valence-corrected chi connectivity index (χ1v) is 3.96. The van der Waals surface area contributed by atoms with E-state index in [1.807, 2.05) is 0 Å². The molecule has 1 fully saturated rings. The SMILES string of the molecule is [N-]=[N+]=N[C@@H]1C(O)O[C@H](CO)[C@@H](O)[C@@H]1O. The van der Waals surface area contributed by atoms with Gasteiger partial charge in [-0.15, -0.1) is 0 Å². The summed E-state index contributed by atoms with van der Waals surface area (Å²) in [6, 6.07) is -1.27. The van der Waals surface area contributed by atoms with Crippen LogP contribution < -0.4 is 0 Å². The lowest BCUT2D eigenvalue weighted by Crippen LogP contribution is -2.57. The Labute approximate surface area is 79.0 Å². The quantitative estimate of drug-likeness (QED) is 0.237. The second kappa shape index (κ2) is 4.56. The van der Waals surface area contributed by atoms with Crippen LogP contribution in [0.1, 0.15) is 0 Å². The monoisotopic (exact) mass is 205 g/mol. The van der Waals surface area contributed by atoms with Gasteiger partial charge in [-0.25, -0.2) is 0 Å². The smallest absolute Gasteiger partial charge is 0.166 e. The highest BCUT2D eigenvalue weighted by atomic mass is 16.6. The van der Waals surface area contributed by atoms with E-state index >= 15 is 0 Å². The molecule has 0 aromatic rings. The third-order valence-electron chi connectivity index (χ3n) is 2.05. The van der Waals surface area contributed by atoms with Gasteiger partial charge in [-0.1, -0.05) is 5.11 Å². The van der Waals surface area contributed by atoms with E-state index in [4.69, 9.17) is 15.4 Å². The summed E-state index contributed by atoms with van der Waals surface area (Å²) in [5.41, 5.74) is 8.11. The molecule has 1 rings (SSSR count). The van der Waals surface area contributed by atoms with E-state index < -0.39 is 37.3 Å². The average Bonchev–Trinajstić information content (AvgIpc) is 2.18. The van der Waals surface area contributed by atoms with Crippen LogP contribution in [0.25, 0.3) is 10.4 Å². The maximum absolute atomic E-state index is 9.37. The number of aliphatic hydroxyl groups excluding tert-OH is 4. The molecule has 8 nitrogen and oxygen atoms in total. The van der Waals surface area contributed by atoms with Gasteiger partial charge in [0.15, 0.2) is 6.29 Å². The van der Waals surface area contributed by atoms with Crippen molar-refractivity contribution in [2.24, 2.45) is 5.11 Å². The van der Waals surface area contributed by atoms with E-state index in [1.165, 1.54) is 0 Å². The third-order valence-corrected chi connectivity index (χ3v) is 2.05. The van der Waals surface area contributed by atoms with Crippen molar-refractivity contribution >= 4 is 0 Å². The second-order valence-electron chi connectivity index (χ2n) is 2.92. The van der Waals surface area contributed by atoms with Crippen molar-refractivity contribution in [1.29, 1.82) is 0 Å². The van der Waals surface area contributed by atoms with E-state index in [0.717, 1.165) is 0 Å². The number of azide groups is 1. The van der Waals surface area contributed by atoms with Gasteiger partial charge >= 0.3 is 0 Å². The lowest BCUT2D eigenvalue weighted by atomic mass is 9.98. The Morgan fingerprint density at radius 2 is 1.93 bits per heavy atom. The highest BCUT2D eigenvalue weighted by Gasteiger charge is 2.43. The molecule has 0 aromatic heterocycles. The van der Waals surface area contributed by atoms with Gasteiger partial charge in [0.1, 0.15) is 18.2 Å². The minimum absolute atomic E-state index is 0.543. The molecule has 0 aromatic carbocycles. The number of hydrogen-bond acceptors (Lipinski definition) is 6. The summed E-state index contributed by atoms with van der Waals surface area (Å²) in [5.74, 6) is 0. The average molecular weight is 205 g/mol. The number of ether oxygens (including phenoxy) is 1. The van der Waals surface area contributed by atoms with Crippen molar-refractivity contribution in [1.82, 2.24) is 0 Å². The van der Waals surface area contributed by atoms with Gasteiger partial charge < -0.3 is 25.2 Å². The van der Waals surface area contributed by atoms with E-state index in [1.54, 1.807) is 0 Å². The highest BCUT2D eigenvalue weighted by Crippen LogP contribution is 2.21. The van der Waals surface area contributed by atoms with Crippen LogP contribution in [0.3, 0.4) is 0 Å². The Morgan fingerprint density at radius 3 is 2.43 bits per heavy atom. The van der Waals surface area contributed by atoms with Crippen LogP contribution >= 0.6 is 0 Å². The summed E-state index contributed by atoms with van der Waals surface area (Å²) < 4.78 is 4.71. The van der Waals surface area contributed by atoms with Crippen LogP contribution in [-0.2, 0) is 4.74 Å². The summed E-state index contributed by atoms with van der Waals surface area (Å²) in [4.78, 5) is 2.40. The topological polar surface area (TPSA) is 139 Å². The first-order chi connectivity index (χ1) is 6.61. The fourth-order valence-corrected chi connectivity index (χ4v) is 1.27. The van der Waals surface area contributed by atoms with Crippen molar-refractivity contribution in [3.63, 3.8) is 0 Å². The summed E-state index contributed by atoms with van der Waals surface area (Å²) in [6.45, 7) is -0.543. The van der Waals surface area contributed by atoms with Crippen LogP contribution in [0.15, 0.2) is 5.11 Å². The molecule has 0 aliphatic carbocycles. The van der Waals surface area contributed by atoms with Gasteiger partial charge in [0.05, 0.1) is 12.7 Å². The summed E-state index contributed by atoms with van der Waals surface area (Å²) in [7, 11) is 0. The summed E-state index contributed by atoms with van der Waals surface area (Å²) >= 11 is 0. The zero-order valence-electron chi connectivity index (χ0n) is 7.13. The van der Waals surface area contributed by atoms with Crippen molar-refractivity contribution in [3.8, 4) is 0 Å². The molecular weight excluding hydrogens is 194 g/mol. The molecule has 1 heterocycles. The number of hydrogen-bond donors (Lipinski definition) is 4. The van der Waals surface area contributed by atoms with Crippen LogP contribution in [0.5, 0.6) is 0 Å². The molecular formula is C6H11N3O5. The maximum Gasteiger partial charge on any atom is 0.166 e. The molecule has 1 saturated heterocycles. The van der Waals surface area contributed by atoms with Crippen LogP contribution in [-0.4, -0.2) is 57.7 Å². The Kier molecular flexibility index (Phi) is 3.64. The fraction of sp³-hybridized carbons (Fsp3) is 1.00. The minimum Gasteiger partial charge on any atom is -0.394 e. The molecule has 5 atom stereocenters. The van der Waals surface area contributed by atoms with E-state index in [2.05, 4.69) is 10.0 Å². The zero-order valence-corrected chi connectivity index (χ0v) is 7.13. The molecule has 0 amide bonds. The van der Waals surface area contributed by atoms with Crippen LogP contribution in [0.4, 0.5) is 0 Å². The number of rotatable bonds is 2. The van der Waals surface area contributed by atoms with Gasteiger partial charge in [-0.05, 0) is 5.53 Å². The highest BCUT2D eigenvalue weighted by molar-refractivity contribution is 4.92. The van der Waals surface area contributed by atoms with E-state index in [-0.39, 0.29) is 0 Å². The van der Waals surface area contributed by atoms with Crippen molar-refractivity contribution in [3.05, 3.63) is 10.4 Å². The molecule has 0 saturated carbocycles. The van der Waals surface area contributed by atoms with Gasteiger partial charge in [0.2, 0.25) is 0 Å². The Bertz CT molecular complexity index is 244. The van der Waals surface area contributed by atoms with E-state index in [9.17, 15) is 15.3 Å². The van der Waals surface area contributed by atoms with Crippen molar-refractivity contribution < 1.29 is 25.2 Å². The molecule has 4 N–H and O–H groups in total.